The Kier molecular flexibility index (Phi) is 5.39. The van der Waals surface area contributed by atoms with Crippen LogP contribution in [0.5, 0.6) is 0 Å². The zero-order valence-corrected chi connectivity index (χ0v) is 11.8. The van der Waals surface area contributed by atoms with Crippen LogP contribution in [0, 0.1) is 0 Å². The zero-order valence-electron chi connectivity index (χ0n) is 11.8. The first-order valence-electron chi connectivity index (χ1n) is 6.98. The molecular weight excluding hydrogens is 246 g/mol. The number of hydrogen-bond acceptors (Lipinski definition) is 2. The first kappa shape index (κ1) is 14.4. The van der Waals surface area contributed by atoms with Crippen molar-refractivity contribution in [1.82, 2.24) is 0 Å². The number of benzene rings is 2. The molecular formula is C18H21NO. The van der Waals surface area contributed by atoms with E-state index in [1.54, 1.807) is 0 Å². The molecule has 2 nitrogen and oxygen atoms in total. The van der Waals surface area contributed by atoms with Gasteiger partial charge >= 0.3 is 0 Å². The number of para-hydroxylation sites is 1. The van der Waals surface area contributed by atoms with Gasteiger partial charge in [0.2, 0.25) is 0 Å². The van der Waals surface area contributed by atoms with Crippen LogP contribution in [0.1, 0.15) is 18.1 Å². The van der Waals surface area contributed by atoms with Crippen molar-refractivity contribution in [2.45, 2.75) is 19.4 Å². The Balaban J connectivity index is 2.01. The van der Waals surface area contributed by atoms with Gasteiger partial charge in [0.15, 0.2) is 0 Å². The Labute approximate surface area is 120 Å². The van der Waals surface area contributed by atoms with Crippen LogP contribution in [0.25, 0.3) is 6.08 Å². The van der Waals surface area contributed by atoms with Crippen LogP contribution in [0.4, 0.5) is 5.69 Å². The summed E-state index contributed by atoms with van der Waals surface area (Å²) in [6.07, 6.45) is 4.94. The standard InChI is InChI=1S/C18H21NO/c1-15(11-12-16-7-3-2-4-8-16)19-18-10-6-5-9-17(18)13-14-20/h2-12,15,19-20H,13-14H2,1H3/b12-11+/t15-/m0/s1. The second-order valence-corrected chi connectivity index (χ2v) is 4.83. The third-order valence-corrected chi connectivity index (χ3v) is 3.16. The SMILES string of the molecule is C[C@@H](/C=C/c1ccccc1)Nc1ccccc1CCO. The average Bonchev–Trinajstić information content (AvgIpc) is 2.49. The monoisotopic (exact) mass is 267 g/mol. The van der Waals surface area contributed by atoms with E-state index >= 15 is 0 Å². The normalized spacial score (nSPS) is 12.5. The predicted octanol–water partition coefficient (Wildman–Crippen LogP) is 3.74. The van der Waals surface area contributed by atoms with E-state index in [0.29, 0.717) is 6.42 Å². The fraction of sp³-hybridized carbons (Fsp3) is 0.222. The van der Waals surface area contributed by atoms with Crippen LogP contribution < -0.4 is 5.32 Å². The Bertz CT molecular complexity index is 548. The lowest BCUT2D eigenvalue weighted by atomic mass is 10.1. The fourth-order valence-corrected chi connectivity index (χ4v) is 2.11. The van der Waals surface area contributed by atoms with Crippen LogP contribution in [0.15, 0.2) is 60.7 Å². The third-order valence-electron chi connectivity index (χ3n) is 3.16. The Morgan fingerprint density at radius 3 is 2.50 bits per heavy atom. The highest BCUT2D eigenvalue weighted by molar-refractivity contribution is 5.55. The van der Waals surface area contributed by atoms with Gasteiger partial charge in [0.25, 0.3) is 0 Å². The van der Waals surface area contributed by atoms with Gasteiger partial charge in [-0.2, -0.15) is 0 Å². The highest BCUT2D eigenvalue weighted by Gasteiger charge is 2.03. The lowest BCUT2D eigenvalue weighted by Crippen LogP contribution is -2.13. The molecule has 2 heteroatoms. The molecule has 0 fully saturated rings. The molecule has 0 aliphatic heterocycles. The Morgan fingerprint density at radius 2 is 1.75 bits per heavy atom. The Hall–Kier alpha value is -2.06. The first-order valence-corrected chi connectivity index (χ1v) is 6.98. The molecule has 0 saturated heterocycles. The van der Waals surface area contributed by atoms with Crippen molar-refractivity contribution >= 4 is 11.8 Å². The number of rotatable bonds is 6. The highest BCUT2D eigenvalue weighted by Crippen LogP contribution is 2.17. The fourth-order valence-electron chi connectivity index (χ4n) is 2.11. The summed E-state index contributed by atoms with van der Waals surface area (Å²) >= 11 is 0. The van der Waals surface area contributed by atoms with Crippen LogP contribution in [-0.2, 0) is 6.42 Å². The lowest BCUT2D eigenvalue weighted by molar-refractivity contribution is 0.300. The van der Waals surface area contributed by atoms with Gasteiger partial charge in [-0.1, -0.05) is 60.7 Å². The minimum absolute atomic E-state index is 0.174. The quantitative estimate of drug-likeness (QED) is 0.835. The van der Waals surface area contributed by atoms with Gasteiger partial charge in [-0.05, 0) is 30.5 Å². The molecule has 20 heavy (non-hydrogen) atoms. The molecule has 0 radical (unpaired) electrons. The largest absolute Gasteiger partial charge is 0.396 e. The van der Waals surface area contributed by atoms with Gasteiger partial charge in [-0.3, -0.25) is 0 Å². The molecule has 0 heterocycles. The maximum absolute atomic E-state index is 9.09. The van der Waals surface area contributed by atoms with Crippen LogP contribution in [0.3, 0.4) is 0 Å². The average molecular weight is 267 g/mol. The van der Waals surface area contributed by atoms with Crippen molar-refractivity contribution in [3.8, 4) is 0 Å². The third kappa shape index (κ3) is 4.25. The van der Waals surface area contributed by atoms with E-state index in [4.69, 9.17) is 5.11 Å². The number of aliphatic hydroxyl groups is 1. The number of hydrogen-bond donors (Lipinski definition) is 2. The molecule has 0 bridgehead atoms. The molecule has 104 valence electrons. The van der Waals surface area contributed by atoms with Gasteiger partial charge < -0.3 is 10.4 Å². The highest BCUT2D eigenvalue weighted by atomic mass is 16.2. The summed E-state index contributed by atoms with van der Waals surface area (Å²) in [7, 11) is 0. The summed E-state index contributed by atoms with van der Waals surface area (Å²) in [5, 5.41) is 12.6. The Morgan fingerprint density at radius 1 is 1.05 bits per heavy atom. The molecule has 1 atom stereocenters. The van der Waals surface area contributed by atoms with E-state index in [0.717, 1.165) is 11.3 Å². The topological polar surface area (TPSA) is 32.3 Å². The van der Waals surface area contributed by atoms with Crippen molar-refractivity contribution < 1.29 is 5.11 Å². The number of anilines is 1. The summed E-state index contributed by atoms with van der Waals surface area (Å²) in [4.78, 5) is 0. The minimum Gasteiger partial charge on any atom is -0.396 e. The molecule has 0 saturated carbocycles. The molecule has 2 aromatic carbocycles. The number of aliphatic hydroxyl groups excluding tert-OH is 1. The second-order valence-electron chi connectivity index (χ2n) is 4.83. The van der Waals surface area contributed by atoms with Crippen LogP contribution in [-0.4, -0.2) is 17.8 Å². The molecule has 0 aliphatic carbocycles. The molecule has 0 amide bonds. The maximum atomic E-state index is 9.09. The van der Waals surface area contributed by atoms with Gasteiger partial charge in [-0.25, -0.2) is 0 Å². The minimum atomic E-state index is 0.174. The summed E-state index contributed by atoms with van der Waals surface area (Å²) in [6, 6.07) is 18.6. The van der Waals surface area contributed by atoms with Gasteiger partial charge in [0.1, 0.15) is 0 Å². The maximum Gasteiger partial charge on any atom is 0.0472 e. The van der Waals surface area contributed by atoms with E-state index in [2.05, 4.69) is 42.6 Å². The van der Waals surface area contributed by atoms with Crippen molar-refractivity contribution in [2.24, 2.45) is 0 Å². The second kappa shape index (κ2) is 7.51. The van der Waals surface area contributed by atoms with E-state index < -0.39 is 0 Å². The van der Waals surface area contributed by atoms with E-state index in [-0.39, 0.29) is 12.6 Å². The van der Waals surface area contributed by atoms with Gasteiger partial charge in [0.05, 0.1) is 0 Å². The van der Waals surface area contributed by atoms with Gasteiger partial charge in [-0.15, -0.1) is 0 Å². The molecule has 0 aromatic heterocycles. The molecule has 2 rings (SSSR count). The van der Waals surface area contributed by atoms with E-state index in [1.165, 1.54) is 5.56 Å². The van der Waals surface area contributed by atoms with E-state index in [1.807, 2.05) is 36.4 Å². The van der Waals surface area contributed by atoms with Crippen LogP contribution >= 0.6 is 0 Å². The molecule has 0 aliphatic rings. The zero-order chi connectivity index (χ0) is 14.2. The lowest BCUT2D eigenvalue weighted by Gasteiger charge is -2.15. The van der Waals surface area contributed by atoms with Gasteiger partial charge in [0, 0.05) is 18.3 Å². The summed E-state index contributed by atoms with van der Waals surface area (Å²) in [6.45, 7) is 2.29. The summed E-state index contributed by atoms with van der Waals surface area (Å²) in [5.74, 6) is 0. The number of nitrogens with one attached hydrogen (secondary N) is 1. The van der Waals surface area contributed by atoms with E-state index in [9.17, 15) is 0 Å². The predicted molar refractivity (Wildman–Crippen MR) is 85.8 cm³/mol. The smallest absolute Gasteiger partial charge is 0.0472 e. The molecule has 2 aromatic rings. The molecule has 2 N–H and O–H groups in total. The molecule has 0 spiro atoms. The van der Waals surface area contributed by atoms with Crippen molar-refractivity contribution in [1.29, 1.82) is 0 Å². The summed E-state index contributed by atoms with van der Waals surface area (Å²) in [5.41, 5.74) is 3.44. The van der Waals surface area contributed by atoms with Crippen molar-refractivity contribution in [2.75, 3.05) is 11.9 Å². The van der Waals surface area contributed by atoms with Crippen molar-refractivity contribution in [3.05, 3.63) is 71.8 Å². The van der Waals surface area contributed by atoms with Crippen LogP contribution in [0.2, 0.25) is 0 Å². The first-order chi connectivity index (χ1) is 9.79. The molecule has 0 unspecified atom stereocenters. The van der Waals surface area contributed by atoms with Crippen molar-refractivity contribution in [3.63, 3.8) is 0 Å². The summed E-state index contributed by atoms with van der Waals surface area (Å²) < 4.78 is 0.